The van der Waals surface area contributed by atoms with E-state index < -0.39 is 17.9 Å². The lowest BCUT2D eigenvalue weighted by atomic mass is 10.1. The van der Waals surface area contributed by atoms with E-state index in [4.69, 9.17) is 23.7 Å². The van der Waals surface area contributed by atoms with Gasteiger partial charge in [-0.2, -0.15) is 0 Å². The Bertz CT molecular complexity index is 2020. The Kier molecular flexibility index (Phi) is 15.6. The average Bonchev–Trinajstić information content (AvgIpc) is 3.17. The van der Waals surface area contributed by atoms with Crippen LogP contribution in [0.3, 0.4) is 0 Å². The molecule has 0 aliphatic carbocycles. The molecule has 53 heavy (non-hydrogen) atoms. The normalized spacial score (nSPS) is 10.0. The van der Waals surface area contributed by atoms with Gasteiger partial charge in [0.2, 0.25) is 0 Å². The summed E-state index contributed by atoms with van der Waals surface area (Å²) in [5.74, 6) is 13.2. The van der Waals surface area contributed by atoms with E-state index in [-0.39, 0.29) is 13.2 Å². The first kappa shape index (κ1) is 39.3. The third kappa shape index (κ3) is 13.6. The molecule has 0 atom stereocenters. The summed E-state index contributed by atoms with van der Waals surface area (Å²) in [5.41, 5.74) is 5.49. The van der Waals surface area contributed by atoms with E-state index in [0.717, 1.165) is 71.2 Å². The van der Waals surface area contributed by atoms with Gasteiger partial charge in [-0.25, -0.2) is 14.4 Å². The molecule has 0 saturated heterocycles. The summed E-state index contributed by atoms with van der Waals surface area (Å²) >= 11 is 0. The van der Waals surface area contributed by atoms with Crippen LogP contribution in [-0.2, 0) is 19.1 Å². The minimum absolute atomic E-state index is 0.147. The third-order valence-electron chi connectivity index (χ3n) is 7.70. The number of benzene rings is 4. The maximum absolute atomic E-state index is 12.8. The van der Waals surface area contributed by atoms with Gasteiger partial charge in [-0.1, -0.05) is 36.8 Å². The fraction of sp³-hybridized carbons (Fsp3) is 0.222. The molecule has 8 heteroatoms. The van der Waals surface area contributed by atoms with Crippen molar-refractivity contribution in [3.63, 3.8) is 0 Å². The van der Waals surface area contributed by atoms with Crippen molar-refractivity contribution < 1.29 is 38.1 Å². The van der Waals surface area contributed by atoms with Crippen LogP contribution in [0.25, 0.3) is 0 Å². The Labute approximate surface area is 311 Å². The molecule has 0 amide bonds. The van der Waals surface area contributed by atoms with Gasteiger partial charge >= 0.3 is 17.9 Å². The van der Waals surface area contributed by atoms with E-state index in [1.807, 2.05) is 68.4 Å². The van der Waals surface area contributed by atoms with Crippen LogP contribution < -0.4 is 14.2 Å². The van der Waals surface area contributed by atoms with Crippen LogP contribution in [0.5, 0.6) is 17.2 Å². The Morgan fingerprint density at radius 1 is 0.547 bits per heavy atom. The van der Waals surface area contributed by atoms with Gasteiger partial charge in [0.05, 0.1) is 18.8 Å². The minimum Gasteiger partial charge on any atom is -0.494 e. The molecule has 4 rings (SSSR count). The van der Waals surface area contributed by atoms with E-state index in [0.29, 0.717) is 36.0 Å². The Balaban J connectivity index is 1.22. The molecule has 4 aromatic rings. The van der Waals surface area contributed by atoms with Crippen molar-refractivity contribution >= 4 is 17.9 Å². The van der Waals surface area contributed by atoms with E-state index >= 15 is 0 Å². The topological polar surface area (TPSA) is 97.4 Å². The first-order valence-electron chi connectivity index (χ1n) is 17.3. The summed E-state index contributed by atoms with van der Waals surface area (Å²) in [6.45, 7) is 11.9. The SMILES string of the molecule is C=CC(=O)OCCCCCCOc1ccc(C(=O)Oc2ccc(C#Cc3ccc(C#Cc4ccc(OCCOC(=O)C=C)c(C)c4)cc3)cc2C)cc1. The number of carbonyl (C=O) groups excluding carboxylic acids is 3. The van der Waals surface area contributed by atoms with Gasteiger partial charge in [0.15, 0.2) is 0 Å². The lowest BCUT2D eigenvalue weighted by molar-refractivity contribution is -0.139. The van der Waals surface area contributed by atoms with Crippen molar-refractivity contribution in [1.29, 1.82) is 0 Å². The second-order valence-electron chi connectivity index (χ2n) is 11.8. The highest BCUT2D eigenvalue weighted by molar-refractivity contribution is 5.91. The molecule has 0 radical (unpaired) electrons. The van der Waals surface area contributed by atoms with Crippen molar-refractivity contribution in [2.75, 3.05) is 26.4 Å². The van der Waals surface area contributed by atoms with Crippen molar-refractivity contribution in [3.8, 4) is 40.9 Å². The Morgan fingerprint density at radius 2 is 1.04 bits per heavy atom. The monoisotopic (exact) mass is 710 g/mol. The van der Waals surface area contributed by atoms with Crippen LogP contribution >= 0.6 is 0 Å². The maximum Gasteiger partial charge on any atom is 0.343 e. The average molecular weight is 711 g/mol. The van der Waals surface area contributed by atoms with Crippen LogP contribution in [0.15, 0.2) is 110 Å². The quantitative estimate of drug-likeness (QED) is 0.0379. The summed E-state index contributed by atoms with van der Waals surface area (Å²) in [6.07, 6.45) is 5.85. The second-order valence-corrected chi connectivity index (χ2v) is 11.8. The Hall–Kier alpha value is -6.51. The molecule has 0 heterocycles. The predicted octanol–water partition coefficient (Wildman–Crippen LogP) is 8.10. The molecule has 0 bridgehead atoms. The predicted molar refractivity (Wildman–Crippen MR) is 204 cm³/mol. The first-order chi connectivity index (χ1) is 25.7. The lowest BCUT2D eigenvalue weighted by Gasteiger charge is -2.09. The smallest absolute Gasteiger partial charge is 0.343 e. The van der Waals surface area contributed by atoms with Gasteiger partial charge in [-0.3, -0.25) is 0 Å². The van der Waals surface area contributed by atoms with Gasteiger partial charge in [0, 0.05) is 34.4 Å². The zero-order chi connectivity index (χ0) is 37.8. The van der Waals surface area contributed by atoms with Crippen LogP contribution in [0, 0.1) is 37.5 Å². The number of hydrogen-bond donors (Lipinski definition) is 0. The number of rotatable bonds is 16. The molecule has 0 saturated carbocycles. The Morgan fingerprint density at radius 3 is 1.58 bits per heavy atom. The zero-order valence-electron chi connectivity index (χ0n) is 30.1. The van der Waals surface area contributed by atoms with Gasteiger partial charge in [0.1, 0.15) is 30.5 Å². The molecule has 0 aliphatic rings. The summed E-state index contributed by atoms with van der Waals surface area (Å²) in [4.78, 5) is 35.0. The van der Waals surface area contributed by atoms with E-state index in [9.17, 15) is 14.4 Å². The molecular formula is C45H42O8. The molecule has 0 aliphatic heterocycles. The van der Waals surface area contributed by atoms with E-state index in [1.54, 1.807) is 30.3 Å². The molecule has 270 valence electrons. The van der Waals surface area contributed by atoms with Crippen molar-refractivity contribution in [2.45, 2.75) is 39.5 Å². The van der Waals surface area contributed by atoms with Gasteiger partial charge in [0.25, 0.3) is 0 Å². The van der Waals surface area contributed by atoms with Crippen LogP contribution in [-0.4, -0.2) is 44.3 Å². The number of esters is 3. The van der Waals surface area contributed by atoms with Crippen molar-refractivity contribution in [1.82, 2.24) is 0 Å². The maximum atomic E-state index is 12.8. The highest BCUT2D eigenvalue weighted by atomic mass is 16.6. The summed E-state index contributed by atoms with van der Waals surface area (Å²) in [6, 6.07) is 25.7. The highest BCUT2D eigenvalue weighted by Gasteiger charge is 2.11. The fourth-order valence-electron chi connectivity index (χ4n) is 4.83. The van der Waals surface area contributed by atoms with E-state index in [1.165, 1.54) is 0 Å². The van der Waals surface area contributed by atoms with Crippen LogP contribution in [0.2, 0.25) is 0 Å². The largest absolute Gasteiger partial charge is 0.494 e. The summed E-state index contributed by atoms with van der Waals surface area (Å²) < 4.78 is 27.0. The zero-order valence-corrected chi connectivity index (χ0v) is 30.1. The fourth-order valence-corrected chi connectivity index (χ4v) is 4.83. The standard InChI is InChI=1S/C45H42O8/c1-5-43(46)51-28-10-8-7-9-27-49-40-23-21-39(22-24-40)45(48)53-42-26-20-38(32-34(42)4)18-16-36-13-11-35(12-14-36)15-17-37-19-25-41(33(3)31-37)50-29-30-52-44(47)6-2/h5-6,11-14,19-26,31-32H,1-2,7-10,27-30H2,3-4H3. The van der Waals surface area contributed by atoms with Crippen LogP contribution in [0.4, 0.5) is 0 Å². The van der Waals surface area contributed by atoms with E-state index in [2.05, 4.69) is 36.8 Å². The van der Waals surface area contributed by atoms with Crippen molar-refractivity contribution in [2.24, 2.45) is 0 Å². The molecule has 0 spiro atoms. The van der Waals surface area contributed by atoms with Crippen LogP contribution in [0.1, 0.15) is 69.4 Å². The van der Waals surface area contributed by atoms with Gasteiger partial charge < -0.3 is 23.7 Å². The number of ether oxygens (including phenoxy) is 5. The lowest BCUT2D eigenvalue weighted by Crippen LogP contribution is -2.10. The molecule has 8 nitrogen and oxygen atoms in total. The van der Waals surface area contributed by atoms with Crippen molar-refractivity contribution in [3.05, 3.63) is 149 Å². The highest BCUT2D eigenvalue weighted by Crippen LogP contribution is 2.22. The molecule has 0 unspecified atom stereocenters. The molecule has 0 N–H and O–H groups in total. The number of aryl methyl sites for hydroxylation is 2. The number of carbonyl (C=O) groups is 3. The molecular weight excluding hydrogens is 668 g/mol. The molecule has 4 aromatic carbocycles. The second kappa shape index (κ2) is 21.0. The third-order valence-corrected chi connectivity index (χ3v) is 7.70. The van der Waals surface area contributed by atoms with Gasteiger partial charge in [-0.15, -0.1) is 0 Å². The minimum atomic E-state index is -0.478. The number of unbranched alkanes of at least 4 members (excludes halogenated alkanes) is 3. The molecule has 0 fully saturated rings. The van der Waals surface area contributed by atoms with Gasteiger partial charge in [-0.05, 0) is 136 Å². The molecule has 0 aromatic heterocycles. The summed E-state index contributed by atoms with van der Waals surface area (Å²) in [7, 11) is 0. The first-order valence-corrected chi connectivity index (χ1v) is 17.3. The summed E-state index contributed by atoms with van der Waals surface area (Å²) in [5, 5.41) is 0. The number of hydrogen-bond acceptors (Lipinski definition) is 8.